The highest BCUT2D eigenvalue weighted by Crippen LogP contribution is 2.23. The lowest BCUT2D eigenvalue weighted by molar-refractivity contribution is 0.758. The molecule has 1 rings (SSSR count). The number of hydrogen-bond donors (Lipinski definition) is 0. The van der Waals surface area contributed by atoms with Crippen LogP contribution in [-0.2, 0) is 12.8 Å². The molecule has 0 bridgehead atoms. The second kappa shape index (κ2) is 6.90. The molecule has 0 saturated carbocycles. The highest BCUT2D eigenvalue weighted by atomic mass is 35.5. The molecule has 0 aliphatic carbocycles. The van der Waals surface area contributed by atoms with Crippen LogP contribution in [0.1, 0.15) is 50.7 Å². The number of halogens is 1. The minimum absolute atomic E-state index is 0.956. The van der Waals surface area contributed by atoms with Gasteiger partial charge in [0.05, 0.1) is 0 Å². The van der Waals surface area contributed by atoms with E-state index in [1.165, 1.54) is 43.2 Å². The van der Waals surface area contributed by atoms with Crippen LogP contribution in [0, 0.1) is 0 Å². The molecule has 0 N–H and O–H groups in total. The molecule has 0 fully saturated rings. The van der Waals surface area contributed by atoms with Gasteiger partial charge in [-0.3, -0.25) is 0 Å². The average Bonchev–Trinajstić information content (AvgIpc) is 2.25. The third-order valence-corrected chi connectivity index (χ3v) is 3.15. The fourth-order valence-corrected chi connectivity index (χ4v) is 2.13. The summed E-state index contributed by atoms with van der Waals surface area (Å²) in [4.78, 5) is 0. The minimum atomic E-state index is 0.956. The topological polar surface area (TPSA) is 0 Å². The van der Waals surface area contributed by atoms with Crippen molar-refractivity contribution >= 4 is 11.6 Å². The summed E-state index contributed by atoms with van der Waals surface area (Å²) >= 11 is 6.24. The van der Waals surface area contributed by atoms with E-state index < -0.39 is 0 Å². The average molecular weight is 225 g/mol. The number of benzene rings is 1. The Labute approximate surface area is 98.7 Å². The van der Waals surface area contributed by atoms with E-state index in [-0.39, 0.29) is 0 Å². The van der Waals surface area contributed by atoms with Crippen LogP contribution in [0.15, 0.2) is 18.2 Å². The normalized spacial score (nSPS) is 10.6. The van der Waals surface area contributed by atoms with Crippen molar-refractivity contribution in [3.63, 3.8) is 0 Å². The van der Waals surface area contributed by atoms with Crippen molar-refractivity contribution in [2.24, 2.45) is 0 Å². The standard InChI is InChI=1S/C14H21Cl/c1-3-5-8-12-9-7-11-14(15)13(12)10-6-4-2/h7,9,11H,3-6,8,10H2,1-2H3. The van der Waals surface area contributed by atoms with Crippen LogP contribution in [0.25, 0.3) is 0 Å². The molecule has 0 nitrogen and oxygen atoms in total. The fourth-order valence-electron chi connectivity index (χ4n) is 1.84. The molecule has 0 aliphatic rings. The molecule has 0 heterocycles. The molecular formula is C14H21Cl. The third kappa shape index (κ3) is 3.87. The summed E-state index contributed by atoms with van der Waals surface area (Å²) < 4.78 is 0. The lowest BCUT2D eigenvalue weighted by Gasteiger charge is -2.10. The maximum atomic E-state index is 6.24. The first-order valence-corrected chi connectivity index (χ1v) is 6.43. The largest absolute Gasteiger partial charge is 0.0840 e. The Bertz CT molecular complexity index is 291. The Hall–Kier alpha value is -0.490. The fraction of sp³-hybridized carbons (Fsp3) is 0.571. The molecule has 0 radical (unpaired) electrons. The maximum absolute atomic E-state index is 6.24. The van der Waals surface area contributed by atoms with Gasteiger partial charge < -0.3 is 0 Å². The van der Waals surface area contributed by atoms with E-state index in [0.717, 1.165) is 11.4 Å². The van der Waals surface area contributed by atoms with Gasteiger partial charge in [-0.15, -0.1) is 0 Å². The van der Waals surface area contributed by atoms with Crippen molar-refractivity contribution < 1.29 is 0 Å². The van der Waals surface area contributed by atoms with E-state index >= 15 is 0 Å². The van der Waals surface area contributed by atoms with Crippen LogP contribution in [0.4, 0.5) is 0 Å². The summed E-state index contributed by atoms with van der Waals surface area (Å²) in [6.45, 7) is 4.46. The zero-order chi connectivity index (χ0) is 11.1. The Morgan fingerprint density at radius 2 is 1.67 bits per heavy atom. The van der Waals surface area contributed by atoms with Crippen molar-refractivity contribution in [2.75, 3.05) is 0 Å². The summed E-state index contributed by atoms with van der Waals surface area (Å²) in [5.74, 6) is 0. The van der Waals surface area contributed by atoms with Gasteiger partial charge in [0.1, 0.15) is 0 Å². The summed E-state index contributed by atoms with van der Waals surface area (Å²) in [5.41, 5.74) is 2.84. The van der Waals surface area contributed by atoms with Gasteiger partial charge in [0.15, 0.2) is 0 Å². The van der Waals surface area contributed by atoms with Gasteiger partial charge in [0.25, 0.3) is 0 Å². The zero-order valence-electron chi connectivity index (χ0n) is 9.85. The first kappa shape index (κ1) is 12.6. The lowest BCUT2D eigenvalue weighted by atomic mass is 9.98. The summed E-state index contributed by atoms with van der Waals surface area (Å²) in [6.07, 6.45) is 7.30. The van der Waals surface area contributed by atoms with Crippen LogP contribution in [0.3, 0.4) is 0 Å². The Kier molecular flexibility index (Phi) is 5.78. The molecule has 1 heteroatoms. The molecule has 0 atom stereocenters. The van der Waals surface area contributed by atoms with Crippen LogP contribution < -0.4 is 0 Å². The second-order valence-electron chi connectivity index (χ2n) is 4.08. The predicted octanol–water partition coefficient (Wildman–Crippen LogP) is 5.03. The highest BCUT2D eigenvalue weighted by molar-refractivity contribution is 6.31. The third-order valence-electron chi connectivity index (χ3n) is 2.80. The van der Waals surface area contributed by atoms with Crippen molar-refractivity contribution in [2.45, 2.75) is 52.4 Å². The van der Waals surface area contributed by atoms with Gasteiger partial charge in [-0.05, 0) is 42.9 Å². The van der Waals surface area contributed by atoms with Gasteiger partial charge in [-0.2, -0.15) is 0 Å². The van der Waals surface area contributed by atoms with E-state index in [2.05, 4.69) is 26.0 Å². The summed E-state index contributed by atoms with van der Waals surface area (Å²) in [5, 5.41) is 0.956. The van der Waals surface area contributed by atoms with Crippen LogP contribution in [0.2, 0.25) is 5.02 Å². The van der Waals surface area contributed by atoms with Gasteiger partial charge in [-0.25, -0.2) is 0 Å². The van der Waals surface area contributed by atoms with Gasteiger partial charge >= 0.3 is 0 Å². The van der Waals surface area contributed by atoms with Crippen LogP contribution >= 0.6 is 11.6 Å². The SMILES string of the molecule is CCCCc1cccc(Cl)c1CCCC. The molecule has 0 amide bonds. The first-order chi connectivity index (χ1) is 7.29. The Morgan fingerprint density at radius 1 is 1.00 bits per heavy atom. The molecule has 0 aliphatic heterocycles. The van der Waals surface area contributed by atoms with Gasteiger partial charge in [0.2, 0.25) is 0 Å². The maximum Gasteiger partial charge on any atom is 0.0440 e. The zero-order valence-corrected chi connectivity index (χ0v) is 10.6. The van der Waals surface area contributed by atoms with Gasteiger partial charge in [0, 0.05) is 5.02 Å². The predicted molar refractivity (Wildman–Crippen MR) is 68.7 cm³/mol. The van der Waals surface area contributed by atoms with Crippen LogP contribution in [-0.4, -0.2) is 0 Å². The molecule has 15 heavy (non-hydrogen) atoms. The van der Waals surface area contributed by atoms with E-state index in [1.807, 2.05) is 6.07 Å². The van der Waals surface area contributed by atoms with E-state index in [1.54, 1.807) is 0 Å². The Balaban J connectivity index is 2.77. The molecule has 0 spiro atoms. The van der Waals surface area contributed by atoms with Crippen molar-refractivity contribution in [1.29, 1.82) is 0 Å². The first-order valence-electron chi connectivity index (χ1n) is 6.05. The minimum Gasteiger partial charge on any atom is -0.0840 e. The van der Waals surface area contributed by atoms with Crippen molar-refractivity contribution in [1.82, 2.24) is 0 Å². The number of aryl methyl sites for hydroxylation is 1. The quantitative estimate of drug-likeness (QED) is 0.636. The molecule has 84 valence electrons. The molecule has 1 aromatic carbocycles. The monoisotopic (exact) mass is 224 g/mol. The van der Waals surface area contributed by atoms with E-state index in [9.17, 15) is 0 Å². The summed E-state index contributed by atoms with van der Waals surface area (Å²) in [7, 11) is 0. The van der Waals surface area contributed by atoms with E-state index in [4.69, 9.17) is 11.6 Å². The second-order valence-corrected chi connectivity index (χ2v) is 4.49. The summed E-state index contributed by atoms with van der Waals surface area (Å²) in [6, 6.07) is 6.32. The smallest absolute Gasteiger partial charge is 0.0440 e. The molecular weight excluding hydrogens is 204 g/mol. The number of rotatable bonds is 6. The number of hydrogen-bond acceptors (Lipinski definition) is 0. The molecule has 0 aromatic heterocycles. The molecule has 1 aromatic rings. The lowest BCUT2D eigenvalue weighted by Crippen LogP contribution is -1.95. The van der Waals surface area contributed by atoms with E-state index in [0.29, 0.717) is 0 Å². The van der Waals surface area contributed by atoms with Crippen molar-refractivity contribution in [3.05, 3.63) is 34.3 Å². The Morgan fingerprint density at radius 3 is 2.33 bits per heavy atom. The molecule has 0 unspecified atom stereocenters. The van der Waals surface area contributed by atoms with Gasteiger partial charge in [-0.1, -0.05) is 50.4 Å². The molecule has 0 saturated heterocycles. The van der Waals surface area contributed by atoms with Crippen LogP contribution in [0.5, 0.6) is 0 Å². The highest BCUT2D eigenvalue weighted by Gasteiger charge is 2.05. The van der Waals surface area contributed by atoms with Crippen molar-refractivity contribution in [3.8, 4) is 0 Å². The number of unbranched alkanes of at least 4 members (excludes halogenated alkanes) is 2.